The number of Topliss-reactive ketones (excluding diaryl/α,β-unsaturated/α-hetero) is 1. The fraction of sp³-hybridized carbons (Fsp3) is 0.412. The quantitative estimate of drug-likeness (QED) is 0.0777. The van der Waals surface area contributed by atoms with E-state index in [2.05, 4.69) is 11.9 Å². The zero-order valence-electron chi connectivity index (χ0n) is 26.2. The van der Waals surface area contributed by atoms with Crippen molar-refractivity contribution in [2.45, 2.75) is 72.4 Å². The normalized spacial score (nSPS) is 18.6. The molecule has 0 spiro atoms. The third-order valence-corrected chi connectivity index (χ3v) is 8.79. The van der Waals surface area contributed by atoms with Crippen molar-refractivity contribution in [2.24, 2.45) is 0 Å². The third-order valence-electron chi connectivity index (χ3n) is 7.65. The Morgan fingerprint density at radius 1 is 1.07 bits per heavy atom. The van der Waals surface area contributed by atoms with Crippen molar-refractivity contribution in [3.63, 3.8) is 0 Å². The minimum absolute atomic E-state index is 0.00981. The molecule has 0 bridgehead atoms. The average Bonchev–Trinajstić information content (AvgIpc) is 3.67. The summed E-state index contributed by atoms with van der Waals surface area (Å²) in [4.78, 5) is 46.1. The standard InChI is InChI=1S/C34H38N2O8S/c1-6-9-10-15-43-25-14-11-21(18-26(25)41-7-2)28-27(29(37)22-12-13-24-23(17-22)16-19(4)44-24)30(38)32(39)36(28)34-35-20(5)31(45-34)33(40)42-8-3/h11-14,17-19,28,37H,6-10,15-16H2,1-5H3/b29-27+. The van der Waals surface area contributed by atoms with Gasteiger partial charge in [0.15, 0.2) is 16.6 Å². The molecule has 1 fully saturated rings. The van der Waals surface area contributed by atoms with Crippen molar-refractivity contribution < 1.29 is 38.4 Å². The van der Waals surface area contributed by atoms with Gasteiger partial charge in [-0.15, -0.1) is 0 Å². The van der Waals surface area contributed by atoms with Crippen LogP contribution in [0.3, 0.4) is 0 Å². The van der Waals surface area contributed by atoms with E-state index in [0.29, 0.717) is 48.0 Å². The molecule has 0 aliphatic carbocycles. The van der Waals surface area contributed by atoms with Crippen LogP contribution in [0, 0.1) is 6.92 Å². The van der Waals surface area contributed by atoms with Gasteiger partial charge >= 0.3 is 11.9 Å². The van der Waals surface area contributed by atoms with Crippen molar-refractivity contribution in [3.05, 3.63) is 69.2 Å². The van der Waals surface area contributed by atoms with Gasteiger partial charge in [-0.2, -0.15) is 0 Å². The molecule has 2 aliphatic heterocycles. The van der Waals surface area contributed by atoms with Crippen LogP contribution in [0.2, 0.25) is 0 Å². The van der Waals surface area contributed by atoms with Crippen molar-refractivity contribution in [2.75, 3.05) is 24.7 Å². The molecule has 1 saturated heterocycles. The Balaban J connectivity index is 1.65. The van der Waals surface area contributed by atoms with E-state index in [1.165, 1.54) is 4.90 Å². The minimum atomic E-state index is -1.07. The highest BCUT2D eigenvalue weighted by atomic mass is 32.1. The van der Waals surface area contributed by atoms with Crippen LogP contribution < -0.4 is 19.1 Å². The molecule has 0 saturated carbocycles. The molecule has 1 aromatic heterocycles. The highest BCUT2D eigenvalue weighted by Crippen LogP contribution is 2.46. The predicted octanol–water partition coefficient (Wildman–Crippen LogP) is 6.55. The molecule has 2 aliphatic rings. The summed E-state index contributed by atoms with van der Waals surface area (Å²) < 4.78 is 22.9. The van der Waals surface area contributed by atoms with Gasteiger partial charge in [0.05, 0.1) is 37.1 Å². The molecule has 3 heterocycles. The lowest BCUT2D eigenvalue weighted by molar-refractivity contribution is -0.132. The van der Waals surface area contributed by atoms with Crippen LogP contribution >= 0.6 is 11.3 Å². The summed E-state index contributed by atoms with van der Waals surface area (Å²) >= 11 is 0.959. The molecule has 2 unspecified atom stereocenters. The Morgan fingerprint density at radius 2 is 1.87 bits per heavy atom. The van der Waals surface area contributed by atoms with Crippen LogP contribution in [-0.4, -0.2) is 53.7 Å². The molecule has 3 aromatic rings. The number of aryl methyl sites for hydroxylation is 1. The molecule has 11 heteroatoms. The Labute approximate surface area is 266 Å². The summed E-state index contributed by atoms with van der Waals surface area (Å²) in [6, 6.07) is 9.36. The van der Waals surface area contributed by atoms with E-state index in [1.54, 1.807) is 50.2 Å². The summed E-state index contributed by atoms with van der Waals surface area (Å²) in [6.07, 6.45) is 3.63. The Kier molecular flexibility index (Phi) is 9.77. The number of rotatable bonds is 12. The summed E-state index contributed by atoms with van der Waals surface area (Å²) in [5.74, 6) is -0.923. The number of carbonyl (C=O) groups is 3. The number of fused-ring (bicyclic) bond motifs is 1. The fourth-order valence-electron chi connectivity index (χ4n) is 5.56. The monoisotopic (exact) mass is 634 g/mol. The number of nitrogens with zero attached hydrogens (tertiary/aromatic N) is 2. The van der Waals surface area contributed by atoms with Crippen LogP contribution in [0.15, 0.2) is 42.0 Å². The van der Waals surface area contributed by atoms with Crippen LogP contribution in [0.1, 0.15) is 85.1 Å². The number of aliphatic hydroxyl groups excluding tert-OH is 1. The van der Waals surface area contributed by atoms with Crippen molar-refractivity contribution in [3.8, 4) is 17.2 Å². The highest BCUT2D eigenvalue weighted by Gasteiger charge is 2.49. The second-order valence-electron chi connectivity index (χ2n) is 11.0. The van der Waals surface area contributed by atoms with Gasteiger partial charge in [0.2, 0.25) is 0 Å². The molecule has 0 radical (unpaired) electrons. The lowest BCUT2D eigenvalue weighted by Gasteiger charge is -2.24. The Hall–Kier alpha value is -4.38. The lowest BCUT2D eigenvalue weighted by atomic mass is 9.94. The molecule has 2 aromatic carbocycles. The number of hydrogen-bond acceptors (Lipinski definition) is 10. The fourth-order valence-corrected chi connectivity index (χ4v) is 6.55. The Bertz CT molecular complexity index is 1640. The van der Waals surface area contributed by atoms with Gasteiger partial charge in [-0.3, -0.25) is 14.5 Å². The first-order valence-corrected chi connectivity index (χ1v) is 16.1. The number of benzene rings is 2. The molecule has 45 heavy (non-hydrogen) atoms. The van der Waals surface area contributed by atoms with E-state index >= 15 is 0 Å². The smallest absolute Gasteiger partial charge is 0.350 e. The summed E-state index contributed by atoms with van der Waals surface area (Å²) in [5, 5.41) is 11.8. The molecular formula is C34H38N2O8S. The number of thiazole rings is 1. The second-order valence-corrected chi connectivity index (χ2v) is 11.9. The molecular weight excluding hydrogens is 596 g/mol. The van der Waals surface area contributed by atoms with E-state index in [1.807, 2.05) is 13.8 Å². The van der Waals surface area contributed by atoms with Crippen LogP contribution in [-0.2, 0) is 20.7 Å². The number of hydrogen-bond donors (Lipinski definition) is 1. The summed E-state index contributed by atoms with van der Waals surface area (Å²) in [7, 11) is 0. The SMILES string of the molecule is CCCCCOc1ccc(C2/C(=C(\O)c3ccc4c(c3)CC(C)O4)C(=O)C(=O)N2c2nc(C)c(C(=O)OCC)s2)cc1OCC. The van der Waals surface area contributed by atoms with Gasteiger partial charge in [-0.25, -0.2) is 9.78 Å². The summed E-state index contributed by atoms with van der Waals surface area (Å²) in [5.41, 5.74) is 2.06. The maximum atomic E-state index is 13.8. The number of unbranched alkanes of at least 4 members (excludes halogenated alkanes) is 2. The first-order chi connectivity index (χ1) is 21.7. The van der Waals surface area contributed by atoms with Gasteiger partial charge in [-0.1, -0.05) is 37.2 Å². The van der Waals surface area contributed by atoms with Gasteiger partial charge in [0.1, 0.15) is 22.5 Å². The van der Waals surface area contributed by atoms with Crippen molar-refractivity contribution in [1.29, 1.82) is 0 Å². The van der Waals surface area contributed by atoms with E-state index in [-0.39, 0.29) is 34.1 Å². The largest absolute Gasteiger partial charge is 0.507 e. The van der Waals surface area contributed by atoms with E-state index in [0.717, 1.165) is 41.9 Å². The van der Waals surface area contributed by atoms with E-state index < -0.39 is 23.7 Å². The van der Waals surface area contributed by atoms with Gasteiger partial charge in [0.25, 0.3) is 5.78 Å². The summed E-state index contributed by atoms with van der Waals surface area (Å²) in [6.45, 7) is 10.3. The Morgan fingerprint density at radius 3 is 2.60 bits per heavy atom. The predicted molar refractivity (Wildman–Crippen MR) is 170 cm³/mol. The number of aromatic nitrogens is 1. The van der Waals surface area contributed by atoms with Crippen LogP contribution in [0.4, 0.5) is 5.13 Å². The molecule has 1 N–H and O–H groups in total. The zero-order valence-corrected chi connectivity index (χ0v) is 27.0. The number of ether oxygens (including phenoxy) is 4. The van der Waals surface area contributed by atoms with Crippen molar-refractivity contribution >= 4 is 39.9 Å². The maximum Gasteiger partial charge on any atom is 0.350 e. The number of carbonyl (C=O) groups excluding carboxylic acids is 3. The molecule has 10 nitrogen and oxygen atoms in total. The molecule has 1 amide bonds. The number of esters is 1. The number of aliphatic hydroxyl groups is 1. The van der Waals surface area contributed by atoms with Gasteiger partial charge < -0.3 is 24.1 Å². The first-order valence-electron chi connectivity index (χ1n) is 15.3. The van der Waals surface area contributed by atoms with E-state index in [4.69, 9.17) is 18.9 Å². The van der Waals surface area contributed by atoms with Gasteiger partial charge in [-0.05, 0) is 75.6 Å². The second kappa shape index (κ2) is 13.7. The third kappa shape index (κ3) is 6.40. The zero-order chi connectivity index (χ0) is 32.2. The maximum absolute atomic E-state index is 13.8. The van der Waals surface area contributed by atoms with Crippen LogP contribution in [0.5, 0.6) is 17.2 Å². The molecule has 2 atom stereocenters. The average molecular weight is 635 g/mol. The topological polar surface area (TPSA) is 124 Å². The van der Waals surface area contributed by atoms with E-state index in [9.17, 15) is 19.5 Å². The number of ketones is 1. The number of anilines is 1. The lowest BCUT2D eigenvalue weighted by Crippen LogP contribution is -2.29. The van der Waals surface area contributed by atoms with Gasteiger partial charge in [0, 0.05) is 12.0 Å². The highest BCUT2D eigenvalue weighted by molar-refractivity contribution is 7.17. The van der Waals surface area contributed by atoms with Crippen molar-refractivity contribution in [1.82, 2.24) is 4.98 Å². The minimum Gasteiger partial charge on any atom is -0.507 e. The van der Waals surface area contributed by atoms with Crippen LogP contribution in [0.25, 0.3) is 5.76 Å². The first kappa shape index (κ1) is 32.0. The number of amides is 1. The molecule has 238 valence electrons. The molecule has 5 rings (SSSR count).